The molecule has 5 heteroatoms. The summed E-state index contributed by atoms with van der Waals surface area (Å²) in [4.78, 5) is 0. The Hall–Kier alpha value is -2.56. The largest absolute Gasteiger partial charge is 0.497 e. The van der Waals surface area contributed by atoms with Crippen LogP contribution in [0.1, 0.15) is 5.56 Å². The monoisotopic (exact) mass is 271 g/mol. The van der Waals surface area contributed by atoms with Crippen molar-refractivity contribution in [3.63, 3.8) is 0 Å². The normalized spacial score (nSPS) is 10.9. The van der Waals surface area contributed by atoms with Crippen molar-refractivity contribution in [1.29, 1.82) is 0 Å². The van der Waals surface area contributed by atoms with Crippen molar-refractivity contribution in [3.8, 4) is 5.75 Å². The van der Waals surface area contributed by atoms with E-state index in [0.717, 1.165) is 16.7 Å². The molecule has 0 bridgehead atoms. The summed E-state index contributed by atoms with van der Waals surface area (Å²) in [5.41, 5.74) is 7.94. The molecule has 0 aliphatic heterocycles. The molecule has 0 spiro atoms. The number of hydrogen-bond acceptors (Lipinski definition) is 3. The van der Waals surface area contributed by atoms with Crippen LogP contribution in [-0.2, 0) is 6.54 Å². The lowest BCUT2D eigenvalue weighted by Crippen LogP contribution is -2.01. The van der Waals surface area contributed by atoms with Crippen molar-refractivity contribution in [1.82, 2.24) is 9.78 Å². The van der Waals surface area contributed by atoms with E-state index in [9.17, 15) is 4.39 Å². The first kappa shape index (κ1) is 12.5. The molecule has 2 aromatic carbocycles. The van der Waals surface area contributed by atoms with Crippen LogP contribution in [0.25, 0.3) is 10.9 Å². The Labute approximate surface area is 115 Å². The summed E-state index contributed by atoms with van der Waals surface area (Å²) in [5, 5.41) is 5.04. The van der Waals surface area contributed by atoms with Gasteiger partial charge in [0.15, 0.2) is 0 Å². The summed E-state index contributed by atoms with van der Waals surface area (Å²) in [5.74, 6) is 0.445. The van der Waals surface area contributed by atoms with Gasteiger partial charge in [0.25, 0.3) is 0 Å². The fourth-order valence-electron chi connectivity index (χ4n) is 2.20. The van der Waals surface area contributed by atoms with Gasteiger partial charge in [-0.2, -0.15) is 5.10 Å². The SMILES string of the molecule is COc1ccc(Cn2ncc3c(N)cc(F)cc32)cc1. The van der Waals surface area contributed by atoms with Gasteiger partial charge < -0.3 is 10.5 Å². The first-order chi connectivity index (χ1) is 9.67. The van der Waals surface area contributed by atoms with E-state index in [2.05, 4.69) is 5.10 Å². The fraction of sp³-hybridized carbons (Fsp3) is 0.133. The Morgan fingerprint density at radius 2 is 2.00 bits per heavy atom. The summed E-state index contributed by atoms with van der Waals surface area (Å²) in [6.45, 7) is 0.552. The van der Waals surface area contributed by atoms with Gasteiger partial charge in [-0.05, 0) is 29.8 Å². The number of rotatable bonds is 3. The van der Waals surface area contributed by atoms with E-state index in [1.807, 2.05) is 24.3 Å². The van der Waals surface area contributed by atoms with Crippen LogP contribution in [0.15, 0.2) is 42.6 Å². The van der Waals surface area contributed by atoms with Crippen molar-refractivity contribution >= 4 is 16.6 Å². The molecule has 20 heavy (non-hydrogen) atoms. The Balaban J connectivity index is 1.97. The molecule has 1 heterocycles. The highest BCUT2D eigenvalue weighted by Crippen LogP contribution is 2.23. The van der Waals surface area contributed by atoms with E-state index >= 15 is 0 Å². The number of nitrogens with zero attached hydrogens (tertiary/aromatic N) is 2. The number of nitrogen functional groups attached to an aromatic ring is 1. The van der Waals surface area contributed by atoms with Crippen LogP contribution in [-0.4, -0.2) is 16.9 Å². The van der Waals surface area contributed by atoms with Gasteiger partial charge in [-0.1, -0.05) is 12.1 Å². The zero-order chi connectivity index (χ0) is 14.1. The number of halogens is 1. The first-order valence-electron chi connectivity index (χ1n) is 6.21. The van der Waals surface area contributed by atoms with E-state index in [1.54, 1.807) is 18.0 Å². The quantitative estimate of drug-likeness (QED) is 0.745. The Kier molecular flexibility index (Phi) is 3.02. The van der Waals surface area contributed by atoms with Crippen LogP contribution < -0.4 is 10.5 Å². The topological polar surface area (TPSA) is 53.1 Å². The minimum Gasteiger partial charge on any atom is -0.497 e. The average Bonchev–Trinajstić information content (AvgIpc) is 2.83. The predicted molar refractivity (Wildman–Crippen MR) is 76.2 cm³/mol. The van der Waals surface area contributed by atoms with Crippen molar-refractivity contribution in [2.24, 2.45) is 0 Å². The van der Waals surface area contributed by atoms with E-state index in [1.165, 1.54) is 12.1 Å². The molecule has 2 N–H and O–H groups in total. The molecule has 0 fully saturated rings. The van der Waals surface area contributed by atoms with Gasteiger partial charge in [0.1, 0.15) is 11.6 Å². The van der Waals surface area contributed by atoms with E-state index in [0.29, 0.717) is 17.7 Å². The minimum absolute atomic E-state index is 0.355. The zero-order valence-electron chi connectivity index (χ0n) is 11.0. The minimum atomic E-state index is -0.355. The van der Waals surface area contributed by atoms with Crippen molar-refractivity contribution in [2.45, 2.75) is 6.54 Å². The second-order valence-corrected chi connectivity index (χ2v) is 4.58. The van der Waals surface area contributed by atoms with E-state index in [4.69, 9.17) is 10.5 Å². The highest BCUT2D eigenvalue weighted by Gasteiger charge is 2.08. The molecule has 0 radical (unpaired) electrons. The Bertz CT molecular complexity index is 750. The van der Waals surface area contributed by atoms with Gasteiger partial charge in [0.2, 0.25) is 0 Å². The average molecular weight is 271 g/mol. The third-order valence-electron chi connectivity index (χ3n) is 3.25. The molecule has 0 aliphatic rings. The number of fused-ring (bicyclic) bond motifs is 1. The first-order valence-corrected chi connectivity index (χ1v) is 6.21. The maximum atomic E-state index is 13.5. The van der Waals surface area contributed by atoms with Gasteiger partial charge in [0, 0.05) is 11.1 Å². The molecule has 0 saturated heterocycles. The summed E-state index contributed by atoms with van der Waals surface area (Å²) < 4.78 is 20.3. The molecule has 1 aromatic heterocycles. The number of aromatic nitrogens is 2. The fourth-order valence-corrected chi connectivity index (χ4v) is 2.20. The molecule has 3 aromatic rings. The predicted octanol–water partition coefficient (Wildman–Crippen LogP) is 2.81. The third-order valence-corrected chi connectivity index (χ3v) is 3.25. The molecule has 0 saturated carbocycles. The molecular weight excluding hydrogens is 257 g/mol. The summed E-state index contributed by atoms with van der Waals surface area (Å²) in [6, 6.07) is 10.4. The molecular formula is C15H14FN3O. The van der Waals surface area contributed by atoms with E-state index < -0.39 is 0 Å². The standard InChI is InChI=1S/C15H14FN3O/c1-20-12-4-2-10(3-5-12)9-19-15-7-11(16)6-14(17)13(15)8-18-19/h2-8H,9,17H2,1H3. The van der Waals surface area contributed by atoms with E-state index in [-0.39, 0.29) is 5.82 Å². The lowest BCUT2D eigenvalue weighted by molar-refractivity contribution is 0.414. The third kappa shape index (κ3) is 2.18. The number of benzene rings is 2. The molecule has 0 amide bonds. The van der Waals surface area contributed by atoms with Crippen LogP contribution in [0.2, 0.25) is 0 Å². The Morgan fingerprint density at radius 1 is 1.25 bits per heavy atom. The highest BCUT2D eigenvalue weighted by molar-refractivity contribution is 5.90. The van der Waals surface area contributed by atoms with Crippen molar-refractivity contribution in [3.05, 3.63) is 54.0 Å². The molecule has 102 valence electrons. The highest BCUT2D eigenvalue weighted by atomic mass is 19.1. The molecule has 4 nitrogen and oxygen atoms in total. The second-order valence-electron chi connectivity index (χ2n) is 4.58. The number of anilines is 1. The summed E-state index contributed by atoms with van der Waals surface area (Å²) in [7, 11) is 1.63. The summed E-state index contributed by atoms with van der Waals surface area (Å²) >= 11 is 0. The number of ether oxygens (including phenoxy) is 1. The second kappa shape index (κ2) is 4.85. The molecule has 3 rings (SSSR count). The van der Waals surface area contributed by atoms with Gasteiger partial charge in [-0.3, -0.25) is 4.68 Å². The van der Waals surface area contributed by atoms with Crippen molar-refractivity contribution in [2.75, 3.05) is 12.8 Å². The molecule has 0 atom stereocenters. The van der Waals surface area contributed by atoms with Crippen molar-refractivity contribution < 1.29 is 9.13 Å². The lowest BCUT2D eigenvalue weighted by Gasteiger charge is -2.06. The van der Waals surface area contributed by atoms with Gasteiger partial charge >= 0.3 is 0 Å². The smallest absolute Gasteiger partial charge is 0.127 e. The van der Waals surface area contributed by atoms with Crippen LogP contribution >= 0.6 is 0 Å². The van der Waals surface area contributed by atoms with Crippen LogP contribution in [0.5, 0.6) is 5.75 Å². The van der Waals surface area contributed by atoms with Crippen LogP contribution in [0.3, 0.4) is 0 Å². The maximum Gasteiger partial charge on any atom is 0.127 e. The number of methoxy groups -OCH3 is 1. The lowest BCUT2D eigenvalue weighted by atomic mass is 10.2. The molecule has 0 unspecified atom stereocenters. The molecule has 0 aliphatic carbocycles. The maximum absolute atomic E-state index is 13.5. The van der Waals surface area contributed by atoms with Gasteiger partial charge in [-0.15, -0.1) is 0 Å². The van der Waals surface area contributed by atoms with Crippen LogP contribution in [0, 0.1) is 5.82 Å². The number of hydrogen-bond donors (Lipinski definition) is 1. The zero-order valence-corrected chi connectivity index (χ0v) is 11.0. The van der Waals surface area contributed by atoms with Crippen LogP contribution in [0.4, 0.5) is 10.1 Å². The van der Waals surface area contributed by atoms with Gasteiger partial charge in [0.05, 0.1) is 25.4 Å². The Morgan fingerprint density at radius 3 is 2.70 bits per heavy atom. The van der Waals surface area contributed by atoms with Gasteiger partial charge in [-0.25, -0.2) is 4.39 Å². The number of nitrogens with two attached hydrogens (primary N) is 1. The summed E-state index contributed by atoms with van der Waals surface area (Å²) in [6.07, 6.45) is 1.66.